The standard InChI is InChI=1S/C17H28N4O/c1-17(2,3)15(18)16(22)20-12-13-7-8-19-14(11-13)21-9-5-4-6-10-21/h7-8,11,15H,4-6,9-10,12,18H2,1-3H3,(H,20,22)/t15-/m1/s1. The highest BCUT2D eigenvalue weighted by Crippen LogP contribution is 2.19. The van der Waals surface area contributed by atoms with Crippen LogP contribution in [0.15, 0.2) is 18.3 Å². The van der Waals surface area contributed by atoms with Gasteiger partial charge in [0, 0.05) is 25.8 Å². The van der Waals surface area contributed by atoms with Gasteiger partial charge in [-0.2, -0.15) is 0 Å². The third-order valence-corrected chi connectivity index (χ3v) is 4.17. The zero-order valence-corrected chi connectivity index (χ0v) is 13.9. The molecule has 1 saturated heterocycles. The van der Waals surface area contributed by atoms with Gasteiger partial charge in [0.1, 0.15) is 5.82 Å². The Hall–Kier alpha value is -1.62. The summed E-state index contributed by atoms with van der Waals surface area (Å²) in [4.78, 5) is 18.9. The monoisotopic (exact) mass is 304 g/mol. The maximum Gasteiger partial charge on any atom is 0.237 e. The second kappa shape index (κ2) is 7.09. The van der Waals surface area contributed by atoms with Gasteiger partial charge in [0.2, 0.25) is 5.91 Å². The summed E-state index contributed by atoms with van der Waals surface area (Å²) in [7, 11) is 0. The Morgan fingerprint density at radius 1 is 1.36 bits per heavy atom. The van der Waals surface area contributed by atoms with Gasteiger partial charge in [0.25, 0.3) is 0 Å². The van der Waals surface area contributed by atoms with Gasteiger partial charge in [-0.3, -0.25) is 4.79 Å². The van der Waals surface area contributed by atoms with Gasteiger partial charge in [0.15, 0.2) is 0 Å². The first kappa shape index (κ1) is 16.7. The molecule has 0 unspecified atom stereocenters. The molecule has 0 bridgehead atoms. The Morgan fingerprint density at radius 3 is 2.68 bits per heavy atom. The average molecular weight is 304 g/mol. The van der Waals surface area contributed by atoms with Gasteiger partial charge < -0.3 is 16.0 Å². The molecule has 2 heterocycles. The summed E-state index contributed by atoms with van der Waals surface area (Å²) in [6.07, 6.45) is 5.57. The minimum Gasteiger partial charge on any atom is -0.357 e. The van der Waals surface area contributed by atoms with E-state index in [4.69, 9.17) is 5.73 Å². The van der Waals surface area contributed by atoms with Crippen LogP contribution in [0.25, 0.3) is 0 Å². The van der Waals surface area contributed by atoms with E-state index >= 15 is 0 Å². The third-order valence-electron chi connectivity index (χ3n) is 4.17. The summed E-state index contributed by atoms with van der Waals surface area (Å²) in [5.41, 5.74) is 6.80. The van der Waals surface area contributed by atoms with Crippen molar-refractivity contribution in [2.24, 2.45) is 11.1 Å². The Morgan fingerprint density at radius 2 is 2.05 bits per heavy atom. The van der Waals surface area contributed by atoms with Crippen molar-refractivity contribution in [3.63, 3.8) is 0 Å². The van der Waals surface area contributed by atoms with Crippen molar-refractivity contribution in [1.82, 2.24) is 10.3 Å². The highest BCUT2D eigenvalue weighted by molar-refractivity contribution is 5.82. The average Bonchev–Trinajstić information content (AvgIpc) is 2.52. The Kier molecular flexibility index (Phi) is 5.40. The van der Waals surface area contributed by atoms with E-state index in [1.807, 2.05) is 33.0 Å². The largest absolute Gasteiger partial charge is 0.357 e. The number of amides is 1. The number of pyridine rings is 1. The number of hydrogen-bond acceptors (Lipinski definition) is 4. The number of anilines is 1. The highest BCUT2D eigenvalue weighted by Gasteiger charge is 2.27. The Labute approximate surface area is 133 Å². The normalized spacial score (nSPS) is 17.2. The van der Waals surface area contributed by atoms with Crippen molar-refractivity contribution in [1.29, 1.82) is 0 Å². The quantitative estimate of drug-likeness (QED) is 0.893. The number of carbonyl (C=O) groups is 1. The maximum absolute atomic E-state index is 12.1. The molecule has 0 aromatic carbocycles. The van der Waals surface area contributed by atoms with Crippen LogP contribution in [-0.2, 0) is 11.3 Å². The third kappa shape index (κ3) is 4.44. The lowest BCUT2D eigenvalue weighted by Crippen LogP contribution is -2.48. The molecule has 1 aliphatic rings. The van der Waals surface area contributed by atoms with Crippen LogP contribution in [0, 0.1) is 5.41 Å². The van der Waals surface area contributed by atoms with Crippen molar-refractivity contribution in [2.75, 3.05) is 18.0 Å². The van der Waals surface area contributed by atoms with Crippen LogP contribution in [-0.4, -0.2) is 30.0 Å². The molecule has 1 fully saturated rings. The second-order valence-electron chi connectivity index (χ2n) is 7.13. The van der Waals surface area contributed by atoms with Gasteiger partial charge in [-0.1, -0.05) is 20.8 Å². The first-order chi connectivity index (χ1) is 10.4. The lowest BCUT2D eigenvalue weighted by molar-refractivity contribution is -0.124. The number of nitrogens with two attached hydrogens (primary N) is 1. The van der Waals surface area contributed by atoms with Crippen LogP contribution in [0.1, 0.15) is 45.6 Å². The summed E-state index contributed by atoms with van der Waals surface area (Å²) in [6, 6.07) is 3.50. The number of hydrogen-bond donors (Lipinski definition) is 2. The molecular weight excluding hydrogens is 276 g/mol. The zero-order valence-electron chi connectivity index (χ0n) is 13.9. The molecule has 0 spiro atoms. The summed E-state index contributed by atoms with van der Waals surface area (Å²) < 4.78 is 0. The molecule has 122 valence electrons. The molecule has 1 atom stereocenters. The molecular formula is C17H28N4O. The molecule has 5 nitrogen and oxygen atoms in total. The van der Waals surface area contributed by atoms with E-state index in [-0.39, 0.29) is 11.3 Å². The molecule has 22 heavy (non-hydrogen) atoms. The van der Waals surface area contributed by atoms with E-state index in [0.29, 0.717) is 6.54 Å². The van der Waals surface area contributed by atoms with Crippen molar-refractivity contribution < 1.29 is 4.79 Å². The number of carbonyl (C=O) groups excluding carboxylic acids is 1. The lowest BCUT2D eigenvalue weighted by Gasteiger charge is -2.28. The van der Waals surface area contributed by atoms with Crippen LogP contribution in [0.2, 0.25) is 0 Å². The molecule has 0 radical (unpaired) electrons. The summed E-state index contributed by atoms with van der Waals surface area (Å²) in [5, 5.41) is 2.93. The van der Waals surface area contributed by atoms with E-state index in [2.05, 4.69) is 21.3 Å². The summed E-state index contributed by atoms with van der Waals surface area (Å²) >= 11 is 0. The number of rotatable bonds is 4. The van der Waals surface area contributed by atoms with Crippen molar-refractivity contribution in [2.45, 2.75) is 52.6 Å². The van der Waals surface area contributed by atoms with Crippen molar-refractivity contribution in [3.8, 4) is 0 Å². The minimum absolute atomic E-state index is 0.108. The van der Waals surface area contributed by atoms with Gasteiger partial charge in [0.05, 0.1) is 6.04 Å². The molecule has 0 saturated carbocycles. The van der Waals surface area contributed by atoms with E-state index in [0.717, 1.165) is 24.5 Å². The Balaban J connectivity index is 1.94. The molecule has 1 aliphatic heterocycles. The first-order valence-electron chi connectivity index (χ1n) is 8.11. The van der Waals surface area contributed by atoms with Gasteiger partial charge in [-0.25, -0.2) is 4.98 Å². The molecule has 1 amide bonds. The predicted octanol–water partition coefficient (Wildman–Crippen LogP) is 2.06. The van der Waals surface area contributed by atoms with E-state index in [1.54, 1.807) is 0 Å². The fraction of sp³-hybridized carbons (Fsp3) is 0.647. The first-order valence-corrected chi connectivity index (χ1v) is 8.11. The minimum atomic E-state index is -0.504. The van der Waals surface area contributed by atoms with Crippen molar-refractivity contribution >= 4 is 11.7 Å². The summed E-state index contributed by atoms with van der Waals surface area (Å²) in [5.74, 6) is 0.899. The van der Waals surface area contributed by atoms with Crippen LogP contribution >= 0.6 is 0 Å². The SMILES string of the molecule is CC(C)(C)[C@H](N)C(=O)NCc1ccnc(N2CCCCC2)c1. The molecule has 0 aliphatic carbocycles. The zero-order chi connectivity index (χ0) is 16.2. The molecule has 3 N–H and O–H groups in total. The van der Waals surface area contributed by atoms with Crippen LogP contribution in [0.4, 0.5) is 5.82 Å². The Bertz CT molecular complexity index is 504. The van der Waals surface area contributed by atoms with E-state index in [9.17, 15) is 4.79 Å². The maximum atomic E-state index is 12.1. The fourth-order valence-corrected chi connectivity index (χ4v) is 2.56. The molecule has 1 aromatic rings. The fourth-order valence-electron chi connectivity index (χ4n) is 2.56. The van der Waals surface area contributed by atoms with Crippen LogP contribution < -0.4 is 16.0 Å². The lowest BCUT2D eigenvalue weighted by atomic mass is 9.87. The highest BCUT2D eigenvalue weighted by atomic mass is 16.2. The summed E-state index contributed by atoms with van der Waals surface area (Å²) in [6.45, 7) is 8.54. The smallest absolute Gasteiger partial charge is 0.237 e. The topological polar surface area (TPSA) is 71.2 Å². The van der Waals surface area contributed by atoms with Crippen LogP contribution in [0.5, 0.6) is 0 Å². The molecule has 2 rings (SSSR count). The molecule has 5 heteroatoms. The van der Waals surface area contributed by atoms with E-state index in [1.165, 1.54) is 19.3 Å². The van der Waals surface area contributed by atoms with E-state index < -0.39 is 6.04 Å². The number of nitrogens with one attached hydrogen (secondary N) is 1. The second-order valence-corrected chi connectivity index (χ2v) is 7.13. The number of piperidine rings is 1. The predicted molar refractivity (Wildman–Crippen MR) is 89.6 cm³/mol. The molecule has 1 aromatic heterocycles. The van der Waals surface area contributed by atoms with Gasteiger partial charge >= 0.3 is 0 Å². The van der Waals surface area contributed by atoms with Gasteiger partial charge in [-0.15, -0.1) is 0 Å². The van der Waals surface area contributed by atoms with Gasteiger partial charge in [-0.05, 0) is 42.4 Å². The van der Waals surface area contributed by atoms with Crippen LogP contribution in [0.3, 0.4) is 0 Å². The number of aromatic nitrogens is 1. The van der Waals surface area contributed by atoms with Crippen molar-refractivity contribution in [3.05, 3.63) is 23.9 Å². The number of nitrogens with zero attached hydrogens (tertiary/aromatic N) is 2.